The second-order valence-electron chi connectivity index (χ2n) is 5.33. The second kappa shape index (κ2) is 5.74. The topological polar surface area (TPSA) is 12.0 Å². The van der Waals surface area contributed by atoms with Crippen molar-refractivity contribution in [2.24, 2.45) is 0 Å². The van der Waals surface area contributed by atoms with Gasteiger partial charge in [-0.15, -0.1) is 0 Å². The Kier molecular flexibility index (Phi) is 3.96. The van der Waals surface area contributed by atoms with Gasteiger partial charge < -0.3 is 5.32 Å². The van der Waals surface area contributed by atoms with Crippen LogP contribution in [0.5, 0.6) is 0 Å². The van der Waals surface area contributed by atoms with Crippen molar-refractivity contribution >= 4 is 11.6 Å². The predicted octanol–water partition coefficient (Wildman–Crippen LogP) is 4.61. The molecule has 1 aliphatic carbocycles. The minimum atomic E-state index is -0.909. The maximum atomic E-state index is 13.6. The SMILES string of the molecule is CCNC(c1cc(F)c(F)cc1Cl)C1Cc2ccccc21. The molecule has 1 aliphatic rings. The zero-order valence-corrected chi connectivity index (χ0v) is 12.4. The monoisotopic (exact) mass is 307 g/mol. The van der Waals surface area contributed by atoms with E-state index in [4.69, 9.17) is 11.6 Å². The third kappa shape index (κ3) is 2.56. The fraction of sp³-hybridized carbons (Fsp3) is 0.294. The highest BCUT2D eigenvalue weighted by atomic mass is 35.5. The second-order valence-corrected chi connectivity index (χ2v) is 5.74. The molecule has 110 valence electrons. The average molecular weight is 308 g/mol. The lowest BCUT2D eigenvalue weighted by molar-refractivity contribution is 0.415. The first kappa shape index (κ1) is 14.5. The minimum Gasteiger partial charge on any atom is -0.310 e. The maximum absolute atomic E-state index is 13.6. The van der Waals surface area contributed by atoms with Crippen molar-refractivity contribution in [1.29, 1.82) is 0 Å². The number of hydrogen-bond donors (Lipinski definition) is 1. The molecule has 0 spiro atoms. The molecule has 3 rings (SSSR count). The van der Waals surface area contributed by atoms with E-state index in [1.54, 1.807) is 0 Å². The van der Waals surface area contributed by atoms with Gasteiger partial charge in [0.1, 0.15) is 0 Å². The van der Waals surface area contributed by atoms with Gasteiger partial charge in [-0.3, -0.25) is 0 Å². The summed E-state index contributed by atoms with van der Waals surface area (Å²) in [5, 5.41) is 3.62. The number of benzene rings is 2. The molecule has 0 saturated heterocycles. The lowest BCUT2D eigenvalue weighted by atomic mass is 9.71. The van der Waals surface area contributed by atoms with Crippen LogP contribution in [0.4, 0.5) is 8.78 Å². The van der Waals surface area contributed by atoms with Crippen LogP contribution in [0.25, 0.3) is 0 Å². The standard InChI is InChI=1S/C17H16ClF2N/c1-2-21-17(12-7-10-5-3-4-6-11(10)12)13-8-15(19)16(20)9-14(13)18/h3-6,8-9,12,17,21H,2,7H2,1H3. The van der Waals surface area contributed by atoms with Gasteiger partial charge in [0.15, 0.2) is 11.6 Å². The van der Waals surface area contributed by atoms with Crippen molar-refractivity contribution in [3.8, 4) is 0 Å². The summed E-state index contributed by atoms with van der Waals surface area (Å²) in [6, 6.07) is 10.4. The maximum Gasteiger partial charge on any atom is 0.160 e. The smallest absolute Gasteiger partial charge is 0.160 e. The van der Waals surface area contributed by atoms with E-state index in [1.807, 2.05) is 19.1 Å². The highest BCUT2D eigenvalue weighted by molar-refractivity contribution is 6.31. The lowest BCUT2D eigenvalue weighted by Gasteiger charge is -2.37. The van der Waals surface area contributed by atoms with Crippen LogP contribution in [0.15, 0.2) is 36.4 Å². The van der Waals surface area contributed by atoms with Crippen molar-refractivity contribution in [1.82, 2.24) is 5.32 Å². The molecule has 2 atom stereocenters. The van der Waals surface area contributed by atoms with Crippen LogP contribution in [-0.4, -0.2) is 6.54 Å². The van der Waals surface area contributed by atoms with Crippen molar-refractivity contribution in [2.75, 3.05) is 6.54 Å². The largest absolute Gasteiger partial charge is 0.310 e. The van der Waals surface area contributed by atoms with Gasteiger partial charge in [-0.25, -0.2) is 8.78 Å². The Labute approximate surface area is 127 Å². The van der Waals surface area contributed by atoms with Gasteiger partial charge in [0.05, 0.1) is 0 Å². The fourth-order valence-electron chi connectivity index (χ4n) is 3.06. The molecule has 0 radical (unpaired) electrons. The zero-order valence-electron chi connectivity index (χ0n) is 11.7. The molecular formula is C17H16ClF2N. The normalized spacial score (nSPS) is 18.0. The quantitative estimate of drug-likeness (QED) is 0.813. The van der Waals surface area contributed by atoms with Crippen LogP contribution >= 0.6 is 11.6 Å². The summed E-state index contributed by atoms with van der Waals surface area (Å²) in [5.74, 6) is -1.53. The van der Waals surface area contributed by atoms with Gasteiger partial charge in [0.25, 0.3) is 0 Å². The summed E-state index contributed by atoms with van der Waals surface area (Å²) in [6.07, 6.45) is 0.920. The Hall–Kier alpha value is -1.45. The van der Waals surface area contributed by atoms with Crippen LogP contribution in [0.2, 0.25) is 5.02 Å². The molecular weight excluding hydrogens is 292 g/mol. The van der Waals surface area contributed by atoms with E-state index < -0.39 is 11.6 Å². The van der Waals surface area contributed by atoms with E-state index in [-0.39, 0.29) is 17.0 Å². The van der Waals surface area contributed by atoms with Crippen molar-refractivity contribution < 1.29 is 8.78 Å². The van der Waals surface area contributed by atoms with Crippen molar-refractivity contribution in [3.63, 3.8) is 0 Å². The summed E-state index contributed by atoms with van der Waals surface area (Å²) in [6.45, 7) is 2.73. The minimum absolute atomic E-state index is 0.104. The first-order valence-electron chi connectivity index (χ1n) is 7.07. The Balaban J connectivity index is 1.99. The highest BCUT2D eigenvalue weighted by Gasteiger charge is 2.34. The molecule has 1 N–H and O–H groups in total. The lowest BCUT2D eigenvalue weighted by Crippen LogP contribution is -2.33. The number of hydrogen-bond acceptors (Lipinski definition) is 1. The van der Waals surface area contributed by atoms with Crippen molar-refractivity contribution in [2.45, 2.75) is 25.3 Å². The molecule has 2 unspecified atom stereocenters. The van der Waals surface area contributed by atoms with Crippen LogP contribution in [0.3, 0.4) is 0 Å². The van der Waals surface area contributed by atoms with Gasteiger partial charge in [-0.05, 0) is 41.8 Å². The summed E-state index contributed by atoms with van der Waals surface area (Å²) >= 11 is 6.14. The van der Waals surface area contributed by atoms with E-state index in [9.17, 15) is 8.78 Å². The number of rotatable bonds is 4. The third-order valence-electron chi connectivity index (χ3n) is 4.10. The number of likely N-dealkylation sites (N-methyl/N-ethyl adjacent to an activating group) is 1. The molecule has 4 heteroatoms. The Bertz CT molecular complexity index is 672. The Morgan fingerprint density at radius 2 is 1.95 bits per heavy atom. The van der Waals surface area contributed by atoms with E-state index in [0.29, 0.717) is 5.56 Å². The molecule has 1 nitrogen and oxygen atoms in total. The summed E-state index contributed by atoms with van der Waals surface area (Å²) < 4.78 is 26.8. The van der Waals surface area contributed by atoms with Gasteiger partial charge in [-0.2, -0.15) is 0 Å². The molecule has 0 aliphatic heterocycles. The summed E-state index contributed by atoms with van der Waals surface area (Å²) in [5.41, 5.74) is 3.19. The van der Waals surface area contributed by atoms with Crippen LogP contribution in [-0.2, 0) is 6.42 Å². The molecule has 2 aromatic rings. The Morgan fingerprint density at radius 3 is 2.67 bits per heavy atom. The Morgan fingerprint density at radius 1 is 1.24 bits per heavy atom. The third-order valence-corrected chi connectivity index (χ3v) is 4.42. The zero-order chi connectivity index (χ0) is 15.0. The molecule has 21 heavy (non-hydrogen) atoms. The number of halogens is 3. The molecule has 0 amide bonds. The molecule has 2 aromatic carbocycles. The van der Waals surface area contributed by atoms with Gasteiger partial charge >= 0.3 is 0 Å². The molecule has 0 saturated carbocycles. The first-order chi connectivity index (χ1) is 10.1. The van der Waals surface area contributed by atoms with Crippen LogP contribution < -0.4 is 5.32 Å². The van der Waals surface area contributed by atoms with Crippen LogP contribution in [0, 0.1) is 11.6 Å². The number of nitrogens with one attached hydrogen (secondary N) is 1. The fourth-order valence-corrected chi connectivity index (χ4v) is 3.33. The van der Waals surface area contributed by atoms with E-state index >= 15 is 0 Å². The van der Waals surface area contributed by atoms with E-state index in [0.717, 1.165) is 19.0 Å². The summed E-state index contributed by atoms with van der Waals surface area (Å²) in [7, 11) is 0. The van der Waals surface area contributed by atoms with Crippen molar-refractivity contribution in [3.05, 3.63) is 69.7 Å². The molecule has 0 fully saturated rings. The molecule has 0 aromatic heterocycles. The van der Waals surface area contributed by atoms with Gasteiger partial charge in [0, 0.05) is 17.0 Å². The average Bonchev–Trinajstić information content (AvgIpc) is 2.43. The van der Waals surface area contributed by atoms with E-state index in [1.165, 1.54) is 17.2 Å². The van der Waals surface area contributed by atoms with Crippen LogP contribution in [0.1, 0.15) is 35.6 Å². The van der Waals surface area contributed by atoms with Gasteiger partial charge in [-0.1, -0.05) is 42.8 Å². The van der Waals surface area contributed by atoms with Gasteiger partial charge in [0.2, 0.25) is 0 Å². The molecule has 0 bridgehead atoms. The summed E-state index contributed by atoms with van der Waals surface area (Å²) in [4.78, 5) is 0. The highest BCUT2D eigenvalue weighted by Crippen LogP contribution is 2.45. The first-order valence-corrected chi connectivity index (χ1v) is 7.45. The molecule has 0 heterocycles. The van der Waals surface area contributed by atoms with E-state index in [2.05, 4.69) is 17.4 Å². The number of fused-ring (bicyclic) bond motifs is 1. The predicted molar refractivity (Wildman–Crippen MR) is 80.7 cm³/mol.